The largest absolute Gasteiger partial charge is 0.480 e. The number of thioether (sulfide) groups is 1. The lowest BCUT2D eigenvalue weighted by Gasteiger charge is -2.37. The Morgan fingerprint density at radius 3 is 2.38 bits per heavy atom. The van der Waals surface area contributed by atoms with Crippen LogP contribution in [0.25, 0.3) is 0 Å². The number of carboxylic acid groups (broad SMARTS) is 1. The number of nitrogens with one attached hydrogen (secondary N) is 1. The van der Waals surface area contributed by atoms with Gasteiger partial charge in [0.2, 0.25) is 5.91 Å². The standard InChI is InChI=1S/C17H25N3O3S/c1-4-13-5-7-17(8-6-13,15(22)23)20-14(21)10-24-16-18-11(2)9-12(3)19-16/h9,13H,4-8,10H2,1-3H3,(H,20,21)(H,22,23). The average molecular weight is 351 g/mol. The van der Waals surface area contributed by atoms with Crippen LogP contribution in [0.15, 0.2) is 11.2 Å². The third-order valence-corrected chi connectivity index (χ3v) is 5.47. The highest BCUT2D eigenvalue weighted by Gasteiger charge is 2.42. The van der Waals surface area contributed by atoms with Crippen molar-refractivity contribution in [2.24, 2.45) is 5.92 Å². The van der Waals surface area contributed by atoms with Crippen LogP contribution in [0.5, 0.6) is 0 Å². The van der Waals surface area contributed by atoms with Gasteiger partial charge >= 0.3 is 5.97 Å². The van der Waals surface area contributed by atoms with E-state index in [9.17, 15) is 14.7 Å². The molecule has 1 heterocycles. The van der Waals surface area contributed by atoms with Gasteiger partial charge in [0.25, 0.3) is 0 Å². The predicted molar refractivity (Wildman–Crippen MR) is 93.0 cm³/mol. The van der Waals surface area contributed by atoms with Gasteiger partial charge in [-0.1, -0.05) is 25.1 Å². The number of hydrogen-bond acceptors (Lipinski definition) is 5. The highest BCUT2D eigenvalue weighted by molar-refractivity contribution is 7.99. The van der Waals surface area contributed by atoms with Crippen LogP contribution in [0.2, 0.25) is 0 Å². The van der Waals surface area contributed by atoms with Gasteiger partial charge in [-0.3, -0.25) is 4.79 Å². The summed E-state index contributed by atoms with van der Waals surface area (Å²) in [6.07, 6.45) is 3.74. The number of carbonyl (C=O) groups excluding carboxylic acids is 1. The minimum absolute atomic E-state index is 0.120. The highest BCUT2D eigenvalue weighted by Crippen LogP contribution is 2.34. The molecule has 1 aliphatic rings. The molecular weight excluding hydrogens is 326 g/mol. The molecule has 7 heteroatoms. The van der Waals surface area contributed by atoms with Crippen LogP contribution in [0.3, 0.4) is 0 Å². The molecule has 2 rings (SSSR count). The molecule has 1 aromatic heterocycles. The van der Waals surface area contributed by atoms with Crippen LogP contribution in [0.4, 0.5) is 0 Å². The number of aromatic nitrogens is 2. The Labute approximate surface area is 146 Å². The zero-order valence-corrected chi connectivity index (χ0v) is 15.3. The van der Waals surface area contributed by atoms with Gasteiger partial charge in [0.05, 0.1) is 5.75 Å². The third kappa shape index (κ3) is 4.69. The summed E-state index contributed by atoms with van der Waals surface area (Å²) < 4.78 is 0. The first-order chi connectivity index (χ1) is 11.3. The molecule has 132 valence electrons. The number of carbonyl (C=O) groups is 2. The summed E-state index contributed by atoms with van der Waals surface area (Å²) in [6, 6.07) is 1.87. The summed E-state index contributed by atoms with van der Waals surface area (Å²) >= 11 is 1.23. The minimum atomic E-state index is -1.12. The van der Waals surface area contributed by atoms with Gasteiger partial charge in [0, 0.05) is 11.4 Å². The molecule has 0 spiro atoms. The van der Waals surface area contributed by atoms with Crippen LogP contribution in [-0.4, -0.2) is 38.2 Å². The summed E-state index contributed by atoms with van der Waals surface area (Å²) in [4.78, 5) is 32.6. The lowest BCUT2D eigenvalue weighted by Crippen LogP contribution is -2.56. The molecule has 1 aromatic rings. The quantitative estimate of drug-likeness (QED) is 0.605. The molecule has 0 saturated heterocycles. The Bertz CT molecular complexity index is 593. The number of amides is 1. The van der Waals surface area contributed by atoms with E-state index in [4.69, 9.17) is 0 Å². The Kier molecular flexibility index (Phi) is 6.21. The summed E-state index contributed by atoms with van der Waals surface area (Å²) in [6.45, 7) is 5.88. The monoisotopic (exact) mass is 351 g/mol. The predicted octanol–water partition coefficient (Wildman–Crippen LogP) is 2.73. The Morgan fingerprint density at radius 1 is 1.29 bits per heavy atom. The fourth-order valence-corrected chi connectivity index (χ4v) is 3.91. The highest BCUT2D eigenvalue weighted by atomic mass is 32.2. The number of rotatable bonds is 6. The molecule has 1 saturated carbocycles. The SMILES string of the molecule is CCC1CCC(NC(=O)CSc2nc(C)cc(C)n2)(C(=O)O)CC1. The Morgan fingerprint density at radius 2 is 1.88 bits per heavy atom. The van der Waals surface area contributed by atoms with Gasteiger partial charge in [-0.15, -0.1) is 0 Å². The molecule has 24 heavy (non-hydrogen) atoms. The number of hydrogen-bond donors (Lipinski definition) is 2. The molecule has 0 aromatic carbocycles. The second-order valence-corrected chi connectivity index (χ2v) is 7.45. The molecule has 2 N–H and O–H groups in total. The van der Waals surface area contributed by atoms with E-state index in [1.807, 2.05) is 19.9 Å². The van der Waals surface area contributed by atoms with Crippen molar-refractivity contribution < 1.29 is 14.7 Å². The normalized spacial score (nSPS) is 23.7. The van der Waals surface area contributed by atoms with E-state index in [2.05, 4.69) is 22.2 Å². The zero-order valence-electron chi connectivity index (χ0n) is 14.5. The first-order valence-corrected chi connectivity index (χ1v) is 9.32. The van der Waals surface area contributed by atoms with Gasteiger partial charge < -0.3 is 10.4 Å². The summed E-state index contributed by atoms with van der Waals surface area (Å²) in [5, 5.41) is 12.9. The van der Waals surface area contributed by atoms with Crippen molar-refractivity contribution in [1.82, 2.24) is 15.3 Å². The van der Waals surface area contributed by atoms with Gasteiger partial charge in [-0.05, 0) is 51.5 Å². The van der Waals surface area contributed by atoms with Gasteiger partial charge in [-0.25, -0.2) is 14.8 Å². The van der Waals surface area contributed by atoms with Gasteiger partial charge in [-0.2, -0.15) is 0 Å². The zero-order chi connectivity index (χ0) is 17.7. The first kappa shape index (κ1) is 18.7. The summed E-state index contributed by atoms with van der Waals surface area (Å²) in [7, 11) is 0. The van der Waals surface area contributed by atoms with Crippen LogP contribution in [0, 0.1) is 19.8 Å². The van der Waals surface area contributed by atoms with Crippen LogP contribution in [-0.2, 0) is 9.59 Å². The third-order valence-electron chi connectivity index (χ3n) is 4.62. The second-order valence-electron chi connectivity index (χ2n) is 6.51. The molecule has 1 aliphatic carbocycles. The van der Waals surface area contributed by atoms with Crippen LogP contribution >= 0.6 is 11.8 Å². The van der Waals surface area contributed by atoms with E-state index < -0.39 is 11.5 Å². The fourth-order valence-electron chi connectivity index (χ4n) is 3.16. The van der Waals surface area contributed by atoms with Crippen LogP contribution in [0.1, 0.15) is 50.4 Å². The molecule has 0 radical (unpaired) electrons. The van der Waals surface area contributed by atoms with Crippen molar-refractivity contribution in [2.45, 2.75) is 63.6 Å². The molecule has 0 aliphatic heterocycles. The van der Waals surface area contributed by atoms with E-state index in [1.54, 1.807) is 0 Å². The molecule has 1 amide bonds. The van der Waals surface area contributed by atoms with Gasteiger partial charge in [0.1, 0.15) is 5.54 Å². The van der Waals surface area contributed by atoms with E-state index in [0.29, 0.717) is 23.9 Å². The molecular formula is C17H25N3O3S. The van der Waals surface area contributed by atoms with Crippen LogP contribution < -0.4 is 5.32 Å². The minimum Gasteiger partial charge on any atom is -0.480 e. The lowest BCUT2D eigenvalue weighted by molar-refractivity contribution is -0.149. The van der Waals surface area contributed by atoms with Gasteiger partial charge in [0.15, 0.2) is 5.16 Å². The van der Waals surface area contributed by atoms with Crippen molar-refractivity contribution in [3.63, 3.8) is 0 Å². The fraction of sp³-hybridized carbons (Fsp3) is 0.647. The molecule has 1 fully saturated rings. The van der Waals surface area contributed by atoms with Crippen molar-refractivity contribution in [1.29, 1.82) is 0 Å². The Hall–Kier alpha value is -1.63. The molecule has 0 unspecified atom stereocenters. The topological polar surface area (TPSA) is 92.2 Å². The van der Waals surface area contributed by atoms with E-state index >= 15 is 0 Å². The number of aryl methyl sites for hydroxylation is 2. The van der Waals surface area contributed by atoms with E-state index in [0.717, 1.165) is 30.7 Å². The Balaban J connectivity index is 1.95. The maximum atomic E-state index is 12.3. The van der Waals surface area contributed by atoms with E-state index in [1.165, 1.54) is 11.8 Å². The smallest absolute Gasteiger partial charge is 0.329 e. The lowest BCUT2D eigenvalue weighted by atomic mass is 9.75. The maximum Gasteiger partial charge on any atom is 0.329 e. The van der Waals surface area contributed by atoms with Crippen molar-refractivity contribution in [3.8, 4) is 0 Å². The van der Waals surface area contributed by atoms with Crippen molar-refractivity contribution >= 4 is 23.6 Å². The molecule has 0 bridgehead atoms. The summed E-state index contributed by atoms with van der Waals surface area (Å²) in [5.41, 5.74) is 0.586. The second kappa shape index (κ2) is 7.96. The average Bonchev–Trinajstić information content (AvgIpc) is 2.52. The first-order valence-electron chi connectivity index (χ1n) is 8.34. The van der Waals surface area contributed by atoms with Crippen molar-refractivity contribution in [3.05, 3.63) is 17.5 Å². The van der Waals surface area contributed by atoms with E-state index in [-0.39, 0.29) is 11.7 Å². The number of nitrogens with zero attached hydrogens (tertiary/aromatic N) is 2. The maximum absolute atomic E-state index is 12.3. The van der Waals surface area contributed by atoms with Crippen molar-refractivity contribution in [2.75, 3.05) is 5.75 Å². The summed E-state index contributed by atoms with van der Waals surface area (Å²) in [5.74, 6) is -0.527. The molecule has 6 nitrogen and oxygen atoms in total. The molecule has 0 atom stereocenters. The number of aliphatic carboxylic acids is 1. The number of carboxylic acids is 1.